The van der Waals surface area contributed by atoms with E-state index in [4.69, 9.17) is 17.3 Å². The average molecular weight is 307 g/mol. The van der Waals surface area contributed by atoms with Crippen LogP contribution in [0, 0.1) is 0 Å². The van der Waals surface area contributed by atoms with E-state index in [9.17, 15) is 4.79 Å². The van der Waals surface area contributed by atoms with Crippen molar-refractivity contribution in [3.05, 3.63) is 34.3 Å². The number of rotatable bonds is 5. The first-order valence-corrected chi connectivity index (χ1v) is 6.14. The second-order valence-electron chi connectivity index (χ2n) is 4.30. The SMILES string of the molecule is COC(=O)c1ccc(Cl)c(CN(C)C(C)CN)c1.Cl. The first-order valence-electron chi connectivity index (χ1n) is 5.76. The lowest BCUT2D eigenvalue weighted by Gasteiger charge is -2.23. The third-order valence-corrected chi connectivity index (χ3v) is 3.35. The molecule has 19 heavy (non-hydrogen) atoms. The van der Waals surface area contributed by atoms with Crippen LogP contribution in [0.15, 0.2) is 18.2 Å². The highest BCUT2D eigenvalue weighted by atomic mass is 35.5. The second kappa shape index (κ2) is 8.38. The number of nitrogens with zero attached hydrogens (tertiary/aromatic N) is 1. The van der Waals surface area contributed by atoms with Crippen molar-refractivity contribution in [2.75, 3.05) is 20.7 Å². The molecule has 1 atom stereocenters. The number of methoxy groups -OCH3 is 1. The maximum atomic E-state index is 11.5. The second-order valence-corrected chi connectivity index (χ2v) is 4.70. The fourth-order valence-corrected chi connectivity index (χ4v) is 1.72. The molecule has 108 valence electrons. The average Bonchev–Trinajstić information content (AvgIpc) is 2.39. The van der Waals surface area contributed by atoms with E-state index in [2.05, 4.69) is 9.64 Å². The van der Waals surface area contributed by atoms with Crippen molar-refractivity contribution in [2.24, 2.45) is 5.73 Å². The molecule has 6 heteroatoms. The molecule has 0 radical (unpaired) electrons. The van der Waals surface area contributed by atoms with Gasteiger partial charge in [-0.2, -0.15) is 0 Å². The van der Waals surface area contributed by atoms with E-state index >= 15 is 0 Å². The molecule has 0 amide bonds. The van der Waals surface area contributed by atoms with Crippen LogP contribution in [0.5, 0.6) is 0 Å². The highest BCUT2D eigenvalue weighted by molar-refractivity contribution is 6.31. The molecular formula is C13H20Cl2N2O2. The van der Waals surface area contributed by atoms with Gasteiger partial charge in [0.05, 0.1) is 12.7 Å². The van der Waals surface area contributed by atoms with Gasteiger partial charge in [0.2, 0.25) is 0 Å². The van der Waals surface area contributed by atoms with E-state index < -0.39 is 0 Å². The number of ether oxygens (including phenoxy) is 1. The first-order chi connectivity index (χ1) is 8.49. The Hall–Kier alpha value is -0.810. The van der Waals surface area contributed by atoms with Gasteiger partial charge in [-0.3, -0.25) is 4.90 Å². The van der Waals surface area contributed by atoms with Crippen LogP contribution in [0.3, 0.4) is 0 Å². The van der Waals surface area contributed by atoms with E-state index in [1.807, 2.05) is 14.0 Å². The molecule has 0 aliphatic carbocycles. The van der Waals surface area contributed by atoms with Gasteiger partial charge in [0.15, 0.2) is 0 Å². The molecule has 0 aromatic heterocycles. The van der Waals surface area contributed by atoms with Crippen LogP contribution >= 0.6 is 24.0 Å². The number of halogens is 2. The van der Waals surface area contributed by atoms with Crippen molar-refractivity contribution in [1.82, 2.24) is 4.90 Å². The number of esters is 1. The fourth-order valence-electron chi connectivity index (χ4n) is 1.55. The summed E-state index contributed by atoms with van der Waals surface area (Å²) in [6, 6.07) is 5.38. The lowest BCUT2D eigenvalue weighted by Crippen LogP contribution is -2.34. The zero-order valence-electron chi connectivity index (χ0n) is 11.4. The summed E-state index contributed by atoms with van der Waals surface area (Å²) in [6.45, 7) is 3.25. The van der Waals surface area contributed by atoms with Crippen LogP contribution in [0.25, 0.3) is 0 Å². The van der Waals surface area contributed by atoms with Crippen molar-refractivity contribution >= 4 is 30.0 Å². The topological polar surface area (TPSA) is 55.6 Å². The number of hydrogen-bond donors (Lipinski definition) is 1. The van der Waals surface area contributed by atoms with Crippen molar-refractivity contribution < 1.29 is 9.53 Å². The van der Waals surface area contributed by atoms with Gasteiger partial charge in [-0.05, 0) is 37.7 Å². The Morgan fingerprint density at radius 1 is 1.53 bits per heavy atom. The van der Waals surface area contributed by atoms with Crippen LogP contribution in [0.1, 0.15) is 22.8 Å². The number of likely N-dealkylation sites (N-methyl/N-ethyl adjacent to an activating group) is 1. The van der Waals surface area contributed by atoms with Crippen molar-refractivity contribution in [2.45, 2.75) is 19.5 Å². The Morgan fingerprint density at radius 2 is 2.16 bits per heavy atom. The summed E-state index contributed by atoms with van der Waals surface area (Å²) in [5.74, 6) is -0.359. The van der Waals surface area contributed by atoms with Gasteiger partial charge in [-0.15, -0.1) is 12.4 Å². The molecule has 1 unspecified atom stereocenters. The number of carbonyl (C=O) groups excluding carboxylic acids is 1. The fraction of sp³-hybridized carbons (Fsp3) is 0.462. The maximum absolute atomic E-state index is 11.5. The smallest absolute Gasteiger partial charge is 0.337 e. The molecule has 4 nitrogen and oxygen atoms in total. The predicted molar refractivity (Wildman–Crippen MR) is 80.0 cm³/mol. The van der Waals surface area contributed by atoms with Crippen LogP contribution in [-0.2, 0) is 11.3 Å². The molecule has 1 rings (SSSR count). The Kier molecular flexibility index (Phi) is 8.02. The first kappa shape index (κ1) is 18.2. The van der Waals surface area contributed by atoms with Gasteiger partial charge in [-0.25, -0.2) is 4.79 Å². The van der Waals surface area contributed by atoms with Crippen LogP contribution < -0.4 is 5.73 Å². The number of nitrogens with two attached hydrogens (primary N) is 1. The molecule has 0 fully saturated rings. The predicted octanol–water partition coefficient (Wildman–Crippen LogP) is 2.33. The summed E-state index contributed by atoms with van der Waals surface area (Å²) >= 11 is 6.13. The monoisotopic (exact) mass is 306 g/mol. The molecule has 0 spiro atoms. The summed E-state index contributed by atoms with van der Waals surface area (Å²) in [6.07, 6.45) is 0. The highest BCUT2D eigenvalue weighted by Gasteiger charge is 2.13. The molecule has 0 aliphatic heterocycles. The van der Waals surface area contributed by atoms with Crippen molar-refractivity contribution in [3.63, 3.8) is 0 Å². The van der Waals surface area contributed by atoms with E-state index in [1.54, 1.807) is 18.2 Å². The lowest BCUT2D eigenvalue weighted by molar-refractivity contribution is 0.0600. The maximum Gasteiger partial charge on any atom is 0.337 e. The zero-order valence-corrected chi connectivity index (χ0v) is 12.9. The summed E-state index contributed by atoms with van der Waals surface area (Å²) < 4.78 is 4.69. The minimum absolute atomic E-state index is 0. The van der Waals surface area contributed by atoms with Gasteiger partial charge in [0.25, 0.3) is 0 Å². The van der Waals surface area contributed by atoms with Crippen LogP contribution in [-0.4, -0.2) is 37.6 Å². The summed E-state index contributed by atoms with van der Waals surface area (Å²) in [7, 11) is 3.33. The minimum Gasteiger partial charge on any atom is -0.465 e. The van der Waals surface area contributed by atoms with E-state index in [-0.39, 0.29) is 24.4 Å². The molecule has 2 N–H and O–H groups in total. The normalized spacial score (nSPS) is 11.9. The molecule has 1 aromatic rings. The third kappa shape index (κ3) is 4.99. The standard InChI is InChI=1S/C13H19ClN2O2.ClH/c1-9(7-15)16(2)8-11-6-10(13(17)18-3)4-5-12(11)14;/h4-6,9H,7-8,15H2,1-3H3;1H. The van der Waals surface area contributed by atoms with Crippen molar-refractivity contribution in [3.8, 4) is 0 Å². The lowest BCUT2D eigenvalue weighted by atomic mass is 10.1. The van der Waals surface area contributed by atoms with E-state index in [0.29, 0.717) is 23.7 Å². The van der Waals surface area contributed by atoms with E-state index in [1.165, 1.54) is 7.11 Å². The molecule has 0 saturated carbocycles. The summed E-state index contributed by atoms with van der Waals surface area (Å²) in [5, 5.41) is 0.638. The van der Waals surface area contributed by atoms with Crippen LogP contribution in [0.4, 0.5) is 0 Å². The Balaban J connectivity index is 0.00000324. The molecule has 0 saturated heterocycles. The third-order valence-electron chi connectivity index (χ3n) is 2.98. The summed E-state index contributed by atoms with van der Waals surface area (Å²) in [5.41, 5.74) is 7.01. The van der Waals surface area contributed by atoms with E-state index in [0.717, 1.165) is 5.56 Å². The Morgan fingerprint density at radius 3 is 2.68 bits per heavy atom. The largest absolute Gasteiger partial charge is 0.465 e. The molecule has 0 bridgehead atoms. The molecule has 0 heterocycles. The van der Waals surface area contributed by atoms with Gasteiger partial charge in [-0.1, -0.05) is 11.6 Å². The van der Waals surface area contributed by atoms with Gasteiger partial charge >= 0.3 is 5.97 Å². The molecule has 1 aromatic carbocycles. The van der Waals surface area contributed by atoms with Crippen LogP contribution in [0.2, 0.25) is 5.02 Å². The molecular weight excluding hydrogens is 287 g/mol. The number of carbonyl (C=O) groups is 1. The van der Waals surface area contributed by atoms with Gasteiger partial charge in [0.1, 0.15) is 0 Å². The number of benzene rings is 1. The van der Waals surface area contributed by atoms with Crippen molar-refractivity contribution in [1.29, 1.82) is 0 Å². The summed E-state index contributed by atoms with van der Waals surface area (Å²) in [4.78, 5) is 13.5. The number of hydrogen-bond acceptors (Lipinski definition) is 4. The van der Waals surface area contributed by atoms with Gasteiger partial charge in [0, 0.05) is 24.2 Å². The van der Waals surface area contributed by atoms with Gasteiger partial charge < -0.3 is 10.5 Å². The minimum atomic E-state index is -0.359. The molecule has 0 aliphatic rings. The zero-order chi connectivity index (χ0) is 13.7. The highest BCUT2D eigenvalue weighted by Crippen LogP contribution is 2.20. The Labute approximate surface area is 125 Å². The Bertz CT molecular complexity index is 427. The quantitative estimate of drug-likeness (QED) is 0.848.